The molecule has 0 amide bonds. The Morgan fingerprint density at radius 3 is 1.88 bits per heavy atom. The summed E-state index contributed by atoms with van der Waals surface area (Å²) in [5, 5.41) is 0. The summed E-state index contributed by atoms with van der Waals surface area (Å²) >= 11 is -0.223. The van der Waals surface area contributed by atoms with Crippen LogP contribution < -0.4 is 0 Å². The van der Waals surface area contributed by atoms with Gasteiger partial charge in [0.05, 0.1) is 0 Å². The molecule has 0 N–H and O–H groups in total. The summed E-state index contributed by atoms with van der Waals surface area (Å²) in [5.41, 5.74) is 0. The molecule has 1 aliphatic rings. The van der Waals surface area contributed by atoms with Gasteiger partial charge in [-0.25, -0.2) is 0 Å². The first-order valence-corrected chi connectivity index (χ1v) is 6.78. The summed E-state index contributed by atoms with van der Waals surface area (Å²) in [7, 11) is 0. The Hall–Kier alpha value is 0.532. The first-order chi connectivity index (χ1) is 3.80. The van der Waals surface area contributed by atoms with E-state index in [0.29, 0.717) is 0 Å². The van der Waals surface area contributed by atoms with E-state index in [9.17, 15) is 0 Å². The Labute approximate surface area is 56.7 Å². The van der Waals surface area contributed by atoms with Crippen LogP contribution in [-0.2, 0) is 0 Å². The van der Waals surface area contributed by atoms with E-state index in [1.807, 2.05) is 0 Å². The van der Waals surface area contributed by atoms with E-state index in [4.69, 9.17) is 0 Å². The maximum atomic E-state index is 2.48. The summed E-state index contributed by atoms with van der Waals surface area (Å²) in [6.07, 6.45) is 6.17. The van der Waals surface area contributed by atoms with Crippen LogP contribution in [0, 0.1) is 0 Å². The largest absolute Gasteiger partial charge is 0.258 e. The van der Waals surface area contributed by atoms with Gasteiger partial charge in [0.25, 0.3) is 14.1 Å². The number of rotatable bonds is 1. The van der Waals surface area contributed by atoms with E-state index in [-0.39, 0.29) is 14.1 Å². The summed E-state index contributed by atoms with van der Waals surface area (Å²) in [6, 6.07) is 0. The molecular formula is C7H15Al. The molecule has 0 nitrogen and oxygen atoms in total. The van der Waals surface area contributed by atoms with Crippen LogP contribution in [0.25, 0.3) is 0 Å². The third kappa shape index (κ3) is 1.50. The molecule has 0 atom stereocenters. The SMILES string of the molecule is [CH3][Al]([CH3])[CH]1CCCC1. The normalized spacial score (nSPS) is 21.8. The zero-order chi connectivity index (χ0) is 5.98. The van der Waals surface area contributed by atoms with Crippen LogP contribution >= 0.6 is 0 Å². The highest BCUT2D eigenvalue weighted by molar-refractivity contribution is 6.57. The molecule has 0 bridgehead atoms. The minimum Gasteiger partial charge on any atom is -0.106 e. The van der Waals surface area contributed by atoms with E-state index in [1.54, 1.807) is 12.8 Å². The van der Waals surface area contributed by atoms with Crippen molar-refractivity contribution in [1.29, 1.82) is 0 Å². The molecule has 0 aromatic rings. The lowest BCUT2D eigenvalue weighted by Gasteiger charge is -2.06. The summed E-state index contributed by atoms with van der Waals surface area (Å²) in [5.74, 6) is 4.96. The van der Waals surface area contributed by atoms with Gasteiger partial charge < -0.3 is 0 Å². The van der Waals surface area contributed by atoms with Gasteiger partial charge in [-0.1, -0.05) is 30.5 Å². The fraction of sp³-hybridized carbons (Fsp3) is 1.00. The molecule has 1 heteroatoms. The average Bonchev–Trinajstić information content (AvgIpc) is 2.12. The predicted molar refractivity (Wildman–Crippen MR) is 39.7 cm³/mol. The third-order valence-electron chi connectivity index (χ3n) is 2.34. The highest BCUT2D eigenvalue weighted by Gasteiger charge is 2.21. The fourth-order valence-electron chi connectivity index (χ4n) is 1.62. The van der Waals surface area contributed by atoms with Crippen molar-refractivity contribution in [2.45, 2.75) is 42.0 Å². The van der Waals surface area contributed by atoms with Crippen molar-refractivity contribution in [3.63, 3.8) is 0 Å². The highest BCUT2D eigenvalue weighted by Crippen LogP contribution is 2.32. The molecule has 0 heterocycles. The van der Waals surface area contributed by atoms with Gasteiger partial charge in [0, 0.05) is 0 Å². The van der Waals surface area contributed by atoms with Crippen LogP contribution in [0.2, 0.25) is 16.4 Å². The maximum absolute atomic E-state index is 2.48. The van der Waals surface area contributed by atoms with Crippen molar-refractivity contribution in [1.82, 2.24) is 0 Å². The second kappa shape index (κ2) is 2.90. The van der Waals surface area contributed by atoms with Gasteiger partial charge in [0.15, 0.2) is 0 Å². The molecule has 0 aromatic heterocycles. The highest BCUT2D eigenvalue weighted by atomic mass is 27.2. The second-order valence-electron chi connectivity index (χ2n) is 3.29. The van der Waals surface area contributed by atoms with Gasteiger partial charge in [-0.15, -0.1) is 11.6 Å². The van der Waals surface area contributed by atoms with Crippen molar-refractivity contribution in [2.24, 2.45) is 0 Å². The number of hydrogen-bond donors (Lipinski definition) is 0. The minimum absolute atomic E-state index is 0.223. The Bertz CT molecular complexity index is 62.8. The minimum atomic E-state index is -0.223. The quantitative estimate of drug-likeness (QED) is 0.474. The third-order valence-corrected chi connectivity index (χ3v) is 4.89. The van der Waals surface area contributed by atoms with Gasteiger partial charge in [-0.05, 0) is 0 Å². The van der Waals surface area contributed by atoms with Crippen molar-refractivity contribution in [2.75, 3.05) is 0 Å². The van der Waals surface area contributed by atoms with Crippen LogP contribution in [0.4, 0.5) is 0 Å². The van der Waals surface area contributed by atoms with Crippen LogP contribution in [0.1, 0.15) is 25.7 Å². The Kier molecular flexibility index (Phi) is 2.41. The van der Waals surface area contributed by atoms with E-state index in [2.05, 4.69) is 11.6 Å². The monoisotopic (exact) mass is 126 g/mol. The van der Waals surface area contributed by atoms with E-state index >= 15 is 0 Å². The summed E-state index contributed by atoms with van der Waals surface area (Å²) < 4.78 is 1.20. The van der Waals surface area contributed by atoms with Gasteiger partial charge in [-0.3, -0.25) is 0 Å². The van der Waals surface area contributed by atoms with E-state index < -0.39 is 0 Å². The molecule has 1 rings (SSSR count). The van der Waals surface area contributed by atoms with Gasteiger partial charge in [0.1, 0.15) is 0 Å². The molecule has 1 aliphatic carbocycles. The van der Waals surface area contributed by atoms with E-state index in [1.165, 1.54) is 17.6 Å². The second-order valence-corrected chi connectivity index (χ2v) is 6.72. The lowest BCUT2D eigenvalue weighted by molar-refractivity contribution is 0.856. The Morgan fingerprint density at radius 2 is 1.62 bits per heavy atom. The zero-order valence-corrected chi connectivity index (χ0v) is 7.14. The molecule has 0 aliphatic heterocycles. The molecule has 0 unspecified atom stereocenters. The fourth-order valence-corrected chi connectivity index (χ4v) is 3.43. The molecule has 0 saturated heterocycles. The lowest BCUT2D eigenvalue weighted by Crippen LogP contribution is -2.07. The van der Waals surface area contributed by atoms with Gasteiger partial charge in [-0.2, -0.15) is 0 Å². The average molecular weight is 126 g/mol. The van der Waals surface area contributed by atoms with E-state index in [0.717, 1.165) is 0 Å². The van der Waals surface area contributed by atoms with Crippen molar-refractivity contribution in [3.05, 3.63) is 0 Å². The summed E-state index contributed by atoms with van der Waals surface area (Å²) in [4.78, 5) is 0. The molecule has 0 aromatic carbocycles. The Balaban J connectivity index is 2.24. The zero-order valence-electron chi connectivity index (χ0n) is 5.98. The molecule has 0 radical (unpaired) electrons. The topological polar surface area (TPSA) is 0 Å². The number of hydrogen-bond acceptors (Lipinski definition) is 0. The predicted octanol–water partition coefficient (Wildman–Crippen LogP) is 2.69. The molecule has 1 fully saturated rings. The molecule has 1 saturated carbocycles. The Morgan fingerprint density at radius 1 is 1.12 bits per heavy atom. The van der Waals surface area contributed by atoms with Crippen molar-refractivity contribution >= 4 is 14.1 Å². The first kappa shape index (κ1) is 6.65. The standard InChI is InChI=1S/C5H9.2CH3.Al/c1-2-4-5-3-1;;;/h1H,2-5H2;2*1H3;. The molecule has 8 heavy (non-hydrogen) atoms. The molecule has 46 valence electrons. The molecule has 0 spiro atoms. The summed E-state index contributed by atoms with van der Waals surface area (Å²) in [6.45, 7) is 0. The van der Waals surface area contributed by atoms with Crippen LogP contribution in [-0.4, -0.2) is 14.1 Å². The molecular weight excluding hydrogens is 111 g/mol. The van der Waals surface area contributed by atoms with Crippen LogP contribution in [0.5, 0.6) is 0 Å². The first-order valence-electron chi connectivity index (χ1n) is 3.80. The van der Waals surface area contributed by atoms with Crippen molar-refractivity contribution < 1.29 is 0 Å². The smallest absolute Gasteiger partial charge is 0.106 e. The van der Waals surface area contributed by atoms with Gasteiger partial charge in [0.2, 0.25) is 0 Å². The van der Waals surface area contributed by atoms with Crippen LogP contribution in [0.3, 0.4) is 0 Å². The lowest BCUT2D eigenvalue weighted by atomic mass is 10.4. The van der Waals surface area contributed by atoms with Gasteiger partial charge >= 0.3 is 0 Å². The van der Waals surface area contributed by atoms with Crippen LogP contribution in [0.15, 0.2) is 0 Å². The maximum Gasteiger partial charge on any atom is 0.258 e. The van der Waals surface area contributed by atoms with Crippen molar-refractivity contribution in [3.8, 4) is 0 Å².